The summed E-state index contributed by atoms with van der Waals surface area (Å²) < 4.78 is 4.61. The molecule has 3 heterocycles. The van der Waals surface area contributed by atoms with Crippen LogP contribution in [0.2, 0.25) is 0 Å². The molecule has 0 saturated heterocycles. The van der Waals surface area contributed by atoms with Gasteiger partial charge >= 0.3 is 0 Å². The van der Waals surface area contributed by atoms with E-state index in [2.05, 4.69) is 154 Å². The zero-order chi connectivity index (χ0) is 28.5. The second-order valence-corrected chi connectivity index (χ2v) is 12.6. The lowest BCUT2D eigenvalue weighted by Gasteiger charge is -2.13. The third kappa shape index (κ3) is 3.79. The Morgan fingerprint density at radius 2 is 1.23 bits per heavy atom. The van der Waals surface area contributed by atoms with Crippen LogP contribution in [-0.2, 0) is 0 Å². The van der Waals surface area contributed by atoms with E-state index in [9.17, 15) is 0 Å². The Bertz CT molecular complexity index is 2530. The first-order valence-electron chi connectivity index (χ1n) is 14.2. The number of halogens is 1. The lowest BCUT2D eigenvalue weighted by molar-refractivity contribution is 1.18. The number of aromatic nitrogens is 3. The van der Waals surface area contributed by atoms with Gasteiger partial charge in [0.2, 0.25) is 0 Å². The van der Waals surface area contributed by atoms with Gasteiger partial charge in [-0.3, -0.25) is 0 Å². The van der Waals surface area contributed by atoms with Crippen LogP contribution in [0.4, 0.5) is 0 Å². The normalized spacial score (nSPS) is 11.8. The van der Waals surface area contributed by atoms with E-state index in [-0.39, 0.29) is 0 Å². The van der Waals surface area contributed by atoms with E-state index in [0.717, 1.165) is 59.2 Å². The second kappa shape index (κ2) is 9.60. The highest BCUT2D eigenvalue weighted by molar-refractivity contribution is 9.10. The largest absolute Gasteiger partial charge is 0.309 e. The highest BCUT2D eigenvalue weighted by atomic mass is 79.9. The van der Waals surface area contributed by atoms with Crippen molar-refractivity contribution >= 4 is 80.3 Å². The van der Waals surface area contributed by atoms with Crippen LogP contribution >= 0.6 is 27.3 Å². The number of benzene rings is 6. The number of fused-ring (bicyclic) bond motifs is 7. The molecule has 5 heteroatoms. The number of hydrogen-bond donors (Lipinski definition) is 0. The Morgan fingerprint density at radius 3 is 2.09 bits per heavy atom. The molecule has 0 N–H and O–H groups in total. The zero-order valence-electron chi connectivity index (χ0n) is 22.8. The molecule has 3 aromatic heterocycles. The SMILES string of the molecule is Brc1ccc(-c2nc3c(nc2-c2ccc4c(c2)c2ccccc2n4-c2ccccc2)sc2ccccc23)c2ccccc12. The molecule has 0 saturated carbocycles. The van der Waals surface area contributed by atoms with Crippen LogP contribution in [0.5, 0.6) is 0 Å². The Balaban J connectivity index is 1.37. The van der Waals surface area contributed by atoms with Gasteiger partial charge in [-0.1, -0.05) is 107 Å². The molecule has 0 aliphatic carbocycles. The van der Waals surface area contributed by atoms with E-state index in [4.69, 9.17) is 9.97 Å². The van der Waals surface area contributed by atoms with Gasteiger partial charge in [-0.25, -0.2) is 9.97 Å². The Labute approximate surface area is 259 Å². The number of nitrogens with zero attached hydrogens (tertiary/aromatic N) is 3. The van der Waals surface area contributed by atoms with Crippen molar-refractivity contribution in [2.45, 2.75) is 0 Å². The summed E-state index contributed by atoms with van der Waals surface area (Å²) in [5.41, 5.74) is 8.37. The molecule has 0 bridgehead atoms. The molecule has 0 amide bonds. The van der Waals surface area contributed by atoms with Gasteiger partial charge in [-0.2, -0.15) is 0 Å². The third-order valence-electron chi connectivity index (χ3n) is 8.30. The van der Waals surface area contributed by atoms with E-state index < -0.39 is 0 Å². The van der Waals surface area contributed by atoms with Crippen molar-refractivity contribution in [3.05, 3.63) is 138 Å². The van der Waals surface area contributed by atoms with Gasteiger partial charge in [0.1, 0.15) is 10.3 Å². The number of thiophene rings is 1. The molecule has 0 fully saturated rings. The summed E-state index contributed by atoms with van der Waals surface area (Å²) in [4.78, 5) is 11.7. The highest BCUT2D eigenvalue weighted by Gasteiger charge is 2.20. The molecule has 0 radical (unpaired) electrons. The van der Waals surface area contributed by atoms with Gasteiger partial charge in [0.25, 0.3) is 0 Å². The van der Waals surface area contributed by atoms with Gasteiger partial charge in [0.15, 0.2) is 0 Å². The summed E-state index contributed by atoms with van der Waals surface area (Å²) in [6, 6.07) is 47.2. The van der Waals surface area contributed by atoms with E-state index in [1.807, 2.05) is 0 Å². The van der Waals surface area contributed by atoms with Crippen LogP contribution in [0.3, 0.4) is 0 Å². The summed E-state index contributed by atoms with van der Waals surface area (Å²) in [6.45, 7) is 0. The molecule has 0 aliphatic rings. The maximum atomic E-state index is 5.41. The predicted molar refractivity (Wildman–Crippen MR) is 185 cm³/mol. The zero-order valence-corrected chi connectivity index (χ0v) is 25.2. The molecule has 202 valence electrons. The summed E-state index contributed by atoms with van der Waals surface area (Å²) >= 11 is 5.47. The number of rotatable bonds is 3. The van der Waals surface area contributed by atoms with Gasteiger partial charge in [0.05, 0.1) is 22.4 Å². The van der Waals surface area contributed by atoms with Crippen LogP contribution in [-0.4, -0.2) is 14.5 Å². The van der Waals surface area contributed by atoms with Crippen molar-refractivity contribution in [2.75, 3.05) is 0 Å². The third-order valence-corrected chi connectivity index (χ3v) is 10.0. The quantitative estimate of drug-likeness (QED) is 0.194. The van der Waals surface area contributed by atoms with E-state index >= 15 is 0 Å². The molecule has 43 heavy (non-hydrogen) atoms. The van der Waals surface area contributed by atoms with Crippen LogP contribution in [0.15, 0.2) is 138 Å². The first-order valence-corrected chi connectivity index (χ1v) is 15.8. The second-order valence-electron chi connectivity index (χ2n) is 10.7. The summed E-state index contributed by atoms with van der Waals surface area (Å²) in [5.74, 6) is 0. The standard InChI is InChI=1S/C38H22BrN3S/c39-31-20-19-28(25-12-4-5-13-26(25)31)36-35(41-38-37(40-36)29-15-7-9-17-34(29)43-38)23-18-21-33-30(22-23)27-14-6-8-16-32(27)42(33)24-10-2-1-3-11-24/h1-22H. The molecular formula is C38H22BrN3S. The first kappa shape index (κ1) is 24.7. The monoisotopic (exact) mass is 631 g/mol. The fourth-order valence-electron chi connectivity index (χ4n) is 6.36. The minimum atomic E-state index is 0.893. The van der Waals surface area contributed by atoms with Crippen LogP contribution < -0.4 is 0 Å². The van der Waals surface area contributed by atoms with Gasteiger partial charge in [-0.05, 0) is 53.2 Å². The average Bonchev–Trinajstić information content (AvgIpc) is 3.60. The van der Waals surface area contributed by atoms with Crippen molar-refractivity contribution < 1.29 is 0 Å². The number of hydrogen-bond acceptors (Lipinski definition) is 3. The Morgan fingerprint density at radius 1 is 0.535 bits per heavy atom. The number of para-hydroxylation sites is 2. The summed E-state index contributed by atoms with van der Waals surface area (Å²) in [7, 11) is 0. The van der Waals surface area contributed by atoms with Crippen LogP contribution in [0.1, 0.15) is 0 Å². The molecule has 9 rings (SSSR count). The lowest BCUT2D eigenvalue weighted by Crippen LogP contribution is -1.96. The minimum Gasteiger partial charge on any atom is -0.309 e. The van der Waals surface area contributed by atoms with E-state index in [0.29, 0.717) is 0 Å². The molecule has 0 atom stereocenters. The fraction of sp³-hybridized carbons (Fsp3) is 0. The van der Waals surface area contributed by atoms with Crippen LogP contribution in [0, 0.1) is 0 Å². The molecule has 0 unspecified atom stereocenters. The molecule has 3 nitrogen and oxygen atoms in total. The van der Waals surface area contributed by atoms with Crippen LogP contribution in [0.25, 0.3) is 81.2 Å². The first-order chi connectivity index (χ1) is 21.2. The van der Waals surface area contributed by atoms with Gasteiger partial charge in [0, 0.05) is 42.1 Å². The lowest BCUT2D eigenvalue weighted by atomic mass is 9.97. The fourth-order valence-corrected chi connectivity index (χ4v) is 7.85. The Kier molecular flexibility index (Phi) is 5.52. The smallest absolute Gasteiger partial charge is 0.143 e. The molecule has 6 aromatic carbocycles. The van der Waals surface area contributed by atoms with E-state index in [1.54, 1.807) is 11.3 Å². The minimum absolute atomic E-state index is 0.893. The van der Waals surface area contributed by atoms with Crippen molar-refractivity contribution in [3.63, 3.8) is 0 Å². The summed E-state index contributed by atoms with van der Waals surface area (Å²) in [6.07, 6.45) is 0. The summed E-state index contributed by atoms with van der Waals surface area (Å²) in [5, 5.41) is 5.86. The van der Waals surface area contributed by atoms with Crippen molar-refractivity contribution in [2.24, 2.45) is 0 Å². The predicted octanol–water partition coefficient (Wildman–Crippen LogP) is 11.2. The van der Waals surface area contributed by atoms with Crippen molar-refractivity contribution in [3.8, 4) is 28.2 Å². The Hall–Kier alpha value is -4.84. The molecule has 0 aliphatic heterocycles. The molecule has 0 spiro atoms. The maximum absolute atomic E-state index is 5.41. The van der Waals surface area contributed by atoms with E-state index in [1.165, 1.54) is 26.5 Å². The maximum Gasteiger partial charge on any atom is 0.143 e. The van der Waals surface area contributed by atoms with Crippen molar-refractivity contribution in [1.82, 2.24) is 14.5 Å². The van der Waals surface area contributed by atoms with Crippen molar-refractivity contribution in [1.29, 1.82) is 0 Å². The topological polar surface area (TPSA) is 30.7 Å². The molecule has 9 aromatic rings. The van der Waals surface area contributed by atoms with Gasteiger partial charge < -0.3 is 4.57 Å². The molecular weight excluding hydrogens is 610 g/mol. The average molecular weight is 633 g/mol. The highest BCUT2D eigenvalue weighted by Crippen LogP contribution is 2.42. The van der Waals surface area contributed by atoms with Gasteiger partial charge in [-0.15, -0.1) is 11.3 Å².